The fourth-order valence-electron chi connectivity index (χ4n) is 3.49. The number of pyridine rings is 1. The van der Waals surface area contributed by atoms with Gasteiger partial charge in [-0.05, 0) is 42.8 Å². The van der Waals surface area contributed by atoms with Crippen LogP contribution >= 0.6 is 0 Å². The first-order valence-corrected chi connectivity index (χ1v) is 10.8. The van der Waals surface area contributed by atoms with Gasteiger partial charge < -0.3 is 9.30 Å². The van der Waals surface area contributed by atoms with Crippen LogP contribution in [0.1, 0.15) is 11.3 Å². The topological polar surface area (TPSA) is 75.0 Å². The molecule has 0 bridgehead atoms. The van der Waals surface area contributed by atoms with Crippen LogP contribution in [0.2, 0.25) is 0 Å². The Balaban J connectivity index is 1.40. The number of aryl methyl sites for hydroxylation is 1. The van der Waals surface area contributed by atoms with E-state index in [0.29, 0.717) is 18.8 Å². The molecule has 1 aliphatic rings. The fourth-order valence-corrected chi connectivity index (χ4v) is 4.91. The van der Waals surface area contributed by atoms with E-state index in [1.807, 2.05) is 35.9 Å². The quantitative estimate of drug-likeness (QED) is 0.651. The molecular formula is C20H21FN4O3S. The van der Waals surface area contributed by atoms with E-state index in [2.05, 4.69) is 4.98 Å². The molecule has 152 valence electrons. The van der Waals surface area contributed by atoms with Crippen LogP contribution < -0.4 is 0 Å². The van der Waals surface area contributed by atoms with E-state index in [0.717, 1.165) is 23.3 Å². The Morgan fingerprint density at radius 3 is 2.45 bits per heavy atom. The summed E-state index contributed by atoms with van der Waals surface area (Å²) in [5.74, 6) is -0.564. The van der Waals surface area contributed by atoms with Gasteiger partial charge in [0, 0.05) is 38.6 Å². The second-order valence-corrected chi connectivity index (χ2v) is 9.01. The highest BCUT2D eigenvalue weighted by atomic mass is 32.2. The zero-order chi connectivity index (χ0) is 20.6. The molecule has 1 aromatic carbocycles. The number of benzene rings is 1. The lowest BCUT2D eigenvalue weighted by Crippen LogP contribution is -2.50. The Hall–Kier alpha value is -2.78. The molecule has 2 aromatic heterocycles. The number of hydrogen-bond acceptors (Lipinski definition) is 4. The van der Waals surface area contributed by atoms with Crippen LogP contribution in [0.3, 0.4) is 0 Å². The normalized spacial score (nSPS) is 15.7. The number of nitrogens with zero attached hydrogens (tertiary/aromatic N) is 4. The van der Waals surface area contributed by atoms with Crippen LogP contribution in [0.25, 0.3) is 5.65 Å². The number of aromatic nitrogens is 2. The molecule has 0 N–H and O–H groups in total. The van der Waals surface area contributed by atoms with Gasteiger partial charge in [-0.1, -0.05) is 6.07 Å². The predicted molar refractivity (Wildman–Crippen MR) is 105 cm³/mol. The number of carbonyl (C=O) groups is 1. The molecule has 9 heteroatoms. The molecule has 0 aliphatic carbocycles. The highest BCUT2D eigenvalue weighted by Gasteiger charge is 2.30. The van der Waals surface area contributed by atoms with E-state index in [-0.39, 0.29) is 30.3 Å². The van der Waals surface area contributed by atoms with Crippen molar-refractivity contribution in [3.8, 4) is 0 Å². The number of carbonyl (C=O) groups excluding carboxylic acids is 1. The van der Waals surface area contributed by atoms with Gasteiger partial charge >= 0.3 is 0 Å². The van der Waals surface area contributed by atoms with E-state index < -0.39 is 15.8 Å². The molecule has 3 heterocycles. The number of piperazine rings is 1. The minimum atomic E-state index is -3.70. The third kappa shape index (κ3) is 3.88. The molecule has 1 aliphatic heterocycles. The number of amides is 1. The third-order valence-corrected chi connectivity index (χ3v) is 7.02. The zero-order valence-electron chi connectivity index (χ0n) is 16.0. The van der Waals surface area contributed by atoms with Crippen molar-refractivity contribution >= 4 is 21.6 Å². The van der Waals surface area contributed by atoms with Crippen LogP contribution in [0.5, 0.6) is 0 Å². The summed E-state index contributed by atoms with van der Waals surface area (Å²) in [6.45, 7) is 3.00. The van der Waals surface area contributed by atoms with Gasteiger partial charge in [0.05, 0.1) is 17.0 Å². The average molecular weight is 416 g/mol. The molecule has 0 unspecified atom stereocenters. The van der Waals surface area contributed by atoms with Gasteiger partial charge in [-0.25, -0.2) is 17.8 Å². The van der Waals surface area contributed by atoms with Gasteiger partial charge in [-0.15, -0.1) is 0 Å². The van der Waals surface area contributed by atoms with Crippen LogP contribution in [0, 0.1) is 12.7 Å². The summed E-state index contributed by atoms with van der Waals surface area (Å²) in [5, 5.41) is 0. The minimum absolute atomic E-state index is 0.0544. The van der Waals surface area contributed by atoms with Crippen LogP contribution in [-0.4, -0.2) is 59.1 Å². The number of hydrogen-bond donors (Lipinski definition) is 0. The van der Waals surface area contributed by atoms with Gasteiger partial charge in [0.1, 0.15) is 11.5 Å². The Morgan fingerprint density at radius 2 is 1.79 bits per heavy atom. The third-order valence-electron chi connectivity index (χ3n) is 5.10. The van der Waals surface area contributed by atoms with Gasteiger partial charge in [0.25, 0.3) is 0 Å². The first kappa shape index (κ1) is 19.5. The molecule has 1 fully saturated rings. The first-order valence-electron chi connectivity index (χ1n) is 9.31. The van der Waals surface area contributed by atoms with E-state index in [1.165, 1.54) is 16.4 Å². The second-order valence-electron chi connectivity index (χ2n) is 7.07. The van der Waals surface area contributed by atoms with E-state index in [1.54, 1.807) is 4.90 Å². The van der Waals surface area contributed by atoms with E-state index in [9.17, 15) is 17.6 Å². The highest BCUT2D eigenvalue weighted by Crippen LogP contribution is 2.19. The molecule has 0 saturated carbocycles. The smallest absolute Gasteiger partial charge is 0.243 e. The Labute approximate surface area is 168 Å². The number of sulfonamides is 1. The average Bonchev–Trinajstić information content (AvgIpc) is 3.12. The zero-order valence-corrected chi connectivity index (χ0v) is 16.8. The molecule has 0 atom stereocenters. The van der Waals surface area contributed by atoms with Crippen LogP contribution in [-0.2, 0) is 21.2 Å². The lowest BCUT2D eigenvalue weighted by Gasteiger charge is -2.34. The minimum Gasteiger partial charge on any atom is -0.340 e. The van der Waals surface area contributed by atoms with Crippen molar-refractivity contribution in [2.24, 2.45) is 0 Å². The van der Waals surface area contributed by atoms with Crippen LogP contribution in [0.15, 0.2) is 53.7 Å². The van der Waals surface area contributed by atoms with E-state index in [4.69, 9.17) is 0 Å². The largest absolute Gasteiger partial charge is 0.340 e. The lowest BCUT2D eigenvalue weighted by atomic mass is 10.2. The molecular weight excluding hydrogens is 395 g/mol. The number of fused-ring (bicyclic) bond motifs is 1. The maximum absolute atomic E-state index is 13.1. The molecule has 1 amide bonds. The van der Waals surface area contributed by atoms with E-state index >= 15 is 0 Å². The maximum atomic E-state index is 13.1. The summed E-state index contributed by atoms with van der Waals surface area (Å²) >= 11 is 0. The van der Waals surface area contributed by atoms with Gasteiger partial charge in [0.2, 0.25) is 15.9 Å². The molecule has 29 heavy (non-hydrogen) atoms. The van der Waals surface area contributed by atoms with Crippen molar-refractivity contribution in [1.82, 2.24) is 18.6 Å². The van der Waals surface area contributed by atoms with Gasteiger partial charge in [-0.2, -0.15) is 4.31 Å². The molecule has 3 aromatic rings. The van der Waals surface area contributed by atoms with Gasteiger partial charge in [0.15, 0.2) is 0 Å². The standard InChI is InChI=1S/C20H21FN4O3S/c1-15-3-2-8-24-14-17(22-20(15)24)13-19(26)23-9-11-25(12-10-23)29(27,28)18-6-4-16(21)5-7-18/h2-8,14H,9-13H2,1H3. The van der Waals surface area contributed by atoms with Crippen molar-refractivity contribution in [2.45, 2.75) is 18.2 Å². The van der Waals surface area contributed by atoms with Crippen molar-refractivity contribution < 1.29 is 17.6 Å². The summed E-state index contributed by atoms with van der Waals surface area (Å²) in [6.07, 6.45) is 3.91. The molecule has 7 nitrogen and oxygen atoms in total. The summed E-state index contributed by atoms with van der Waals surface area (Å²) in [6, 6.07) is 8.67. The van der Waals surface area contributed by atoms with Crippen LogP contribution in [0.4, 0.5) is 4.39 Å². The highest BCUT2D eigenvalue weighted by molar-refractivity contribution is 7.89. The molecule has 0 spiro atoms. The van der Waals surface area contributed by atoms with Crippen molar-refractivity contribution in [3.63, 3.8) is 0 Å². The molecule has 4 rings (SSSR count). The summed E-state index contributed by atoms with van der Waals surface area (Å²) in [5.41, 5.74) is 2.54. The summed E-state index contributed by atoms with van der Waals surface area (Å²) < 4.78 is 41.7. The van der Waals surface area contributed by atoms with Crippen molar-refractivity contribution in [3.05, 3.63) is 65.9 Å². The predicted octanol–water partition coefficient (Wildman–Crippen LogP) is 1.86. The summed E-state index contributed by atoms with van der Waals surface area (Å²) in [4.78, 5) is 18.9. The lowest BCUT2D eigenvalue weighted by molar-refractivity contribution is -0.131. The second kappa shape index (κ2) is 7.57. The summed E-state index contributed by atoms with van der Waals surface area (Å²) in [7, 11) is -3.70. The Kier molecular flexibility index (Phi) is 5.10. The number of halogens is 1. The SMILES string of the molecule is Cc1cccn2cc(CC(=O)N3CCN(S(=O)(=O)c4ccc(F)cc4)CC3)nc12. The first-order chi connectivity index (χ1) is 13.8. The molecule has 1 saturated heterocycles. The molecule has 0 radical (unpaired) electrons. The fraction of sp³-hybridized carbons (Fsp3) is 0.300. The number of imidazole rings is 1. The Morgan fingerprint density at radius 1 is 1.10 bits per heavy atom. The van der Waals surface area contributed by atoms with Crippen molar-refractivity contribution in [2.75, 3.05) is 26.2 Å². The maximum Gasteiger partial charge on any atom is 0.243 e. The monoisotopic (exact) mass is 416 g/mol. The van der Waals surface area contributed by atoms with Gasteiger partial charge in [-0.3, -0.25) is 4.79 Å². The number of rotatable bonds is 4. The van der Waals surface area contributed by atoms with Crippen molar-refractivity contribution in [1.29, 1.82) is 0 Å². The Bertz CT molecular complexity index is 1150.